The molecule has 1 amide bonds. The zero-order valence-corrected chi connectivity index (χ0v) is 27.1. The molecule has 0 spiro atoms. The Morgan fingerprint density at radius 2 is 1.68 bits per heavy atom. The van der Waals surface area contributed by atoms with Crippen molar-refractivity contribution < 1.29 is 27.4 Å². The van der Waals surface area contributed by atoms with Crippen molar-refractivity contribution in [2.45, 2.75) is 82.4 Å². The topological polar surface area (TPSA) is 91.9 Å². The van der Waals surface area contributed by atoms with Crippen LogP contribution in [0.3, 0.4) is 0 Å². The van der Waals surface area contributed by atoms with Crippen molar-refractivity contribution in [3.05, 3.63) is 23.3 Å². The van der Waals surface area contributed by atoms with Crippen LogP contribution in [0, 0.1) is 13.8 Å². The number of aryl methyl sites for hydroxylation is 2. The van der Waals surface area contributed by atoms with Crippen molar-refractivity contribution in [1.82, 2.24) is 19.0 Å². The molecule has 0 radical (unpaired) electrons. The van der Waals surface area contributed by atoms with Crippen molar-refractivity contribution >= 4 is 15.9 Å². The first-order chi connectivity index (χ1) is 19.2. The van der Waals surface area contributed by atoms with Crippen LogP contribution < -0.4 is 4.74 Å². The zero-order chi connectivity index (χ0) is 30.2. The van der Waals surface area contributed by atoms with Crippen LogP contribution >= 0.6 is 0 Å². The van der Waals surface area contributed by atoms with Gasteiger partial charge in [0.25, 0.3) is 0 Å². The van der Waals surface area contributed by atoms with E-state index in [0.29, 0.717) is 42.6 Å². The molecule has 0 saturated carbocycles. The van der Waals surface area contributed by atoms with Gasteiger partial charge in [-0.15, -0.1) is 0 Å². The summed E-state index contributed by atoms with van der Waals surface area (Å²) in [6.45, 7) is 16.7. The number of rotatable bonds is 8. The zero-order valence-electron chi connectivity index (χ0n) is 26.2. The lowest BCUT2D eigenvalue weighted by Gasteiger charge is -2.58. The summed E-state index contributed by atoms with van der Waals surface area (Å²) in [6, 6.07) is 3.41. The second-order valence-corrected chi connectivity index (χ2v) is 14.8. The fourth-order valence-corrected chi connectivity index (χ4v) is 8.94. The molecule has 0 bridgehead atoms. The number of morpholine rings is 1. The van der Waals surface area contributed by atoms with Crippen LogP contribution in [0.5, 0.6) is 5.75 Å². The predicted octanol–water partition coefficient (Wildman–Crippen LogP) is 2.51. The normalized spacial score (nSPS) is 26.2. The Hall–Kier alpha value is -1.76. The van der Waals surface area contributed by atoms with Crippen LogP contribution in [-0.4, -0.2) is 130 Å². The highest BCUT2D eigenvalue weighted by Crippen LogP contribution is 2.39. The molecule has 1 aromatic carbocycles. The number of amides is 1. The molecule has 3 saturated heterocycles. The summed E-state index contributed by atoms with van der Waals surface area (Å²) in [5.41, 5.74) is 1.50. The van der Waals surface area contributed by atoms with Crippen molar-refractivity contribution in [3.8, 4) is 5.75 Å². The quantitative estimate of drug-likeness (QED) is 0.454. The lowest BCUT2D eigenvalue weighted by atomic mass is 9.76. The highest BCUT2D eigenvalue weighted by atomic mass is 32.2. The molecular weight excluding hydrogens is 544 g/mol. The van der Waals surface area contributed by atoms with Gasteiger partial charge in [0.1, 0.15) is 12.4 Å². The van der Waals surface area contributed by atoms with Gasteiger partial charge < -0.3 is 19.1 Å². The van der Waals surface area contributed by atoms with E-state index >= 15 is 0 Å². The van der Waals surface area contributed by atoms with Gasteiger partial charge in [-0.3, -0.25) is 14.6 Å². The third-order valence-electron chi connectivity index (χ3n) is 9.67. The van der Waals surface area contributed by atoms with E-state index in [9.17, 15) is 13.2 Å². The molecule has 232 valence electrons. The maximum atomic E-state index is 13.7. The number of carbonyl (C=O) groups is 1. The van der Waals surface area contributed by atoms with E-state index in [2.05, 4.69) is 44.5 Å². The van der Waals surface area contributed by atoms with E-state index in [-0.39, 0.29) is 48.2 Å². The third-order valence-corrected chi connectivity index (χ3v) is 11.9. The van der Waals surface area contributed by atoms with Crippen LogP contribution in [-0.2, 0) is 24.3 Å². The van der Waals surface area contributed by atoms with Gasteiger partial charge in [0.15, 0.2) is 0 Å². The van der Waals surface area contributed by atoms with Gasteiger partial charge in [0.05, 0.1) is 37.9 Å². The SMILES string of the molecule is COc1cc(C)c(S(=O)(=O)N2CCOC[C@H]2COCC(=O)N2CCN(C3CCC(C)(C)N(C)C3(C)C)CC2)c(C)c1. The summed E-state index contributed by atoms with van der Waals surface area (Å²) in [5, 5.41) is 0. The summed E-state index contributed by atoms with van der Waals surface area (Å²) in [7, 11) is 0.000685. The lowest BCUT2D eigenvalue weighted by molar-refractivity contribution is -0.140. The van der Waals surface area contributed by atoms with Crippen LogP contribution in [0.15, 0.2) is 17.0 Å². The van der Waals surface area contributed by atoms with Gasteiger partial charge in [-0.1, -0.05) is 0 Å². The van der Waals surface area contributed by atoms with E-state index in [1.165, 1.54) is 4.31 Å². The van der Waals surface area contributed by atoms with E-state index in [1.807, 2.05) is 4.90 Å². The third kappa shape index (κ3) is 6.60. The second-order valence-electron chi connectivity index (χ2n) is 12.9. The number of hydrogen-bond donors (Lipinski definition) is 0. The van der Waals surface area contributed by atoms with Gasteiger partial charge in [-0.2, -0.15) is 4.31 Å². The number of carbonyl (C=O) groups excluding carboxylic acids is 1. The first-order valence-electron chi connectivity index (χ1n) is 14.8. The highest BCUT2D eigenvalue weighted by Gasteiger charge is 2.47. The Bertz CT molecular complexity index is 1170. The average Bonchev–Trinajstić information content (AvgIpc) is 2.91. The Kier molecular flexibility index (Phi) is 9.77. The first kappa shape index (κ1) is 32.2. The standard InChI is InChI=1S/C30H50N4O6S/c1-22-17-25(38-8)18-23(2)28(22)41(36,37)34-15-16-39-19-24(34)20-40-21-27(35)33-13-11-32(12-14-33)26-9-10-29(3,4)31(7)30(26,5)6/h17-18,24,26H,9-16,19-21H2,1-8H3/t24-,26?/m0/s1. The summed E-state index contributed by atoms with van der Waals surface area (Å²) in [5.74, 6) is 0.567. The Balaban J connectivity index is 1.31. The number of likely N-dealkylation sites (tertiary alicyclic amines) is 1. The van der Waals surface area contributed by atoms with Crippen molar-refractivity contribution in [1.29, 1.82) is 0 Å². The van der Waals surface area contributed by atoms with Crippen molar-refractivity contribution in [2.75, 3.05) is 73.3 Å². The van der Waals surface area contributed by atoms with E-state index < -0.39 is 16.1 Å². The molecule has 3 fully saturated rings. The van der Waals surface area contributed by atoms with Crippen molar-refractivity contribution in [3.63, 3.8) is 0 Å². The maximum absolute atomic E-state index is 13.7. The number of benzene rings is 1. The minimum absolute atomic E-state index is 0.0498. The molecule has 0 N–H and O–H groups in total. The largest absolute Gasteiger partial charge is 0.497 e. The van der Waals surface area contributed by atoms with Gasteiger partial charge >= 0.3 is 0 Å². The van der Waals surface area contributed by atoms with Gasteiger partial charge in [0.2, 0.25) is 15.9 Å². The molecule has 11 heteroatoms. The molecule has 1 unspecified atom stereocenters. The summed E-state index contributed by atoms with van der Waals surface area (Å²) in [6.07, 6.45) is 2.31. The Morgan fingerprint density at radius 1 is 1.05 bits per heavy atom. The minimum Gasteiger partial charge on any atom is -0.497 e. The predicted molar refractivity (Wildman–Crippen MR) is 159 cm³/mol. The number of methoxy groups -OCH3 is 1. The fraction of sp³-hybridized carbons (Fsp3) is 0.767. The molecule has 3 heterocycles. The van der Waals surface area contributed by atoms with Crippen LogP contribution in [0.4, 0.5) is 0 Å². The fourth-order valence-electron chi connectivity index (χ4n) is 6.94. The first-order valence-corrected chi connectivity index (χ1v) is 16.2. The molecule has 3 aliphatic heterocycles. The average molecular weight is 595 g/mol. The number of piperidine rings is 1. The monoisotopic (exact) mass is 594 g/mol. The van der Waals surface area contributed by atoms with Gasteiger partial charge in [0, 0.05) is 49.8 Å². The van der Waals surface area contributed by atoms with Crippen LogP contribution in [0.1, 0.15) is 51.7 Å². The number of nitrogens with zero attached hydrogens (tertiary/aromatic N) is 4. The molecule has 1 aromatic rings. The highest BCUT2D eigenvalue weighted by molar-refractivity contribution is 7.89. The number of ether oxygens (including phenoxy) is 3. The summed E-state index contributed by atoms with van der Waals surface area (Å²) < 4.78 is 45.7. The molecular formula is C30H50N4O6S. The van der Waals surface area contributed by atoms with E-state index in [1.54, 1.807) is 33.1 Å². The van der Waals surface area contributed by atoms with Crippen molar-refractivity contribution in [2.24, 2.45) is 0 Å². The number of likely N-dealkylation sites (N-methyl/N-ethyl adjacent to an activating group) is 1. The van der Waals surface area contributed by atoms with E-state index in [4.69, 9.17) is 14.2 Å². The summed E-state index contributed by atoms with van der Waals surface area (Å²) in [4.78, 5) is 20.2. The molecule has 4 rings (SSSR count). The van der Waals surface area contributed by atoms with Gasteiger partial charge in [-0.05, 0) is 84.7 Å². The number of hydrogen-bond acceptors (Lipinski definition) is 8. The smallest absolute Gasteiger partial charge is 0.248 e. The van der Waals surface area contributed by atoms with Gasteiger partial charge in [-0.25, -0.2) is 8.42 Å². The molecule has 3 aliphatic rings. The Labute approximate surface area is 246 Å². The number of sulfonamides is 1. The molecule has 0 aromatic heterocycles. The molecule has 2 atom stereocenters. The van der Waals surface area contributed by atoms with E-state index in [0.717, 1.165) is 25.9 Å². The van der Waals surface area contributed by atoms with Crippen LogP contribution in [0.25, 0.3) is 0 Å². The minimum atomic E-state index is -3.79. The summed E-state index contributed by atoms with van der Waals surface area (Å²) >= 11 is 0. The Morgan fingerprint density at radius 3 is 2.29 bits per heavy atom. The molecule has 0 aliphatic carbocycles. The van der Waals surface area contributed by atoms with Crippen LogP contribution in [0.2, 0.25) is 0 Å². The number of piperazine rings is 1. The maximum Gasteiger partial charge on any atom is 0.248 e. The second kappa shape index (κ2) is 12.5. The lowest BCUT2D eigenvalue weighted by Crippen LogP contribution is -2.68. The molecule has 10 nitrogen and oxygen atoms in total. The molecule has 41 heavy (non-hydrogen) atoms.